The SMILES string of the molecule is Cc1cc2c3c([nH]c2cc1S(=O)(=O)Nc1ccc(F)cc1)CCCC3=O. The maximum absolute atomic E-state index is 13.0. The van der Waals surface area contributed by atoms with Gasteiger partial charge in [-0.1, -0.05) is 0 Å². The monoisotopic (exact) mass is 372 g/mol. The first-order valence-electron chi connectivity index (χ1n) is 8.32. The summed E-state index contributed by atoms with van der Waals surface area (Å²) in [6, 6.07) is 8.42. The zero-order valence-corrected chi connectivity index (χ0v) is 14.9. The van der Waals surface area contributed by atoms with Crippen molar-refractivity contribution in [1.82, 2.24) is 4.98 Å². The minimum Gasteiger partial charge on any atom is -0.358 e. The highest BCUT2D eigenvalue weighted by atomic mass is 32.2. The van der Waals surface area contributed by atoms with Crippen LogP contribution in [-0.4, -0.2) is 19.2 Å². The van der Waals surface area contributed by atoms with E-state index in [1.165, 1.54) is 24.3 Å². The van der Waals surface area contributed by atoms with Crippen molar-refractivity contribution < 1.29 is 17.6 Å². The quantitative estimate of drug-likeness (QED) is 0.731. The molecule has 0 radical (unpaired) electrons. The van der Waals surface area contributed by atoms with Crippen molar-refractivity contribution in [3.63, 3.8) is 0 Å². The smallest absolute Gasteiger partial charge is 0.262 e. The molecule has 0 spiro atoms. The molecule has 2 aromatic carbocycles. The summed E-state index contributed by atoms with van der Waals surface area (Å²) in [4.78, 5) is 15.6. The number of hydrogen-bond donors (Lipinski definition) is 2. The Kier molecular flexibility index (Phi) is 3.84. The first-order chi connectivity index (χ1) is 12.3. The number of anilines is 1. The number of ketones is 1. The molecule has 0 amide bonds. The number of hydrogen-bond acceptors (Lipinski definition) is 3. The van der Waals surface area contributed by atoms with Gasteiger partial charge in [-0.15, -0.1) is 0 Å². The van der Waals surface area contributed by atoms with Crippen LogP contribution in [0.2, 0.25) is 0 Å². The summed E-state index contributed by atoms with van der Waals surface area (Å²) in [7, 11) is -3.84. The van der Waals surface area contributed by atoms with E-state index in [9.17, 15) is 17.6 Å². The summed E-state index contributed by atoms with van der Waals surface area (Å²) in [5, 5.41) is 0.767. The number of Topliss-reactive ketones (excluding diaryl/α,β-unsaturated/α-hetero) is 1. The minimum atomic E-state index is -3.84. The van der Waals surface area contributed by atoms with Crippen molar-refractivity contribution in [3.05, 3.63) is 59.0 Å². The highest BCUT2D eigenvalue weighted by Gasteiger charge is 2.25. The van der Waals surface area contributed by atoms with Gasteiger partial charge in [-0.25, -0.2) is 12.8 Å². The van der Waals surface area contributed by atoms with E-state index >= 15 is 0 Å². The van der Waals surface area contributed by atoms with Gasteiger partial charge in [0.2, 0.25) is 0 Å². The molecule has 3 aromatic rings. The molecule has 5 nitrogen and oxygen atoms in total. The molecule has 1 aliphatic rings. The van der Waals surface area contributed by atoms with Crippen LogP contribution in [0.3, 0.4) is 0 Å². The van der Waals surface area contributed by atoms with E-state index in [1.54, 1.807) is 19.1 Å². The van der Waals surface area contributed by atoms with Crippen molar-refractivity contribution in [2.24, 2.45) is 0 Å². The van der Waals surface area contributed by atoms with Crippen molar-refractivity contribution in [3.8, 4) is 0 Å². The van der Waals surface area contributed by atoms with Gasteiger partial charge >= 0.3 is 0 Å². The third kappa shape index (κ3) is 2.78. The standard InChI is InChI=1S/C19H17FN2O3S/c1-11-9-14-16(21-15-3-2-4-17(23)19(14)15)10-18(11)26(24,25)22-13-7-5-12(20)6-8-13/h5-10,21-22H,2-4H2,1H3. The Labute approximate surface area is 150 Å². The number of fused-ring (bicyclic) bond motifs is 3. The molecular formula is C19H17FN2O3S. The summed E-state index contributed by atoms with van der Waals surface area (Å²) >= 11 is 0. The fraction of sp³-hybridized carbons (Fsp3) is 0.211. The molecule has 4 rings (SSSR count). The van der Waals surface area contributed by atoms with Gasteiger partial charge < -0.3 is 4.98 Å². The van der Waals surface area contributed by atoms with Gasteiger partial charge in [0.15, 0.2) is 5.78 Å². The molecule has 0 unspecified atom stereocenters. The van der Waals surface area contributed by atoms with Gasteiger partial charge in [0.1, 0.15) is 5.82 Å². The van der Waals surface area contributed by atoms with E-state index in [4.69, 9.17) is 0 Å². The topological polar surface area (TPSA) is 79.0 Å². The van der Waals surface area contributed by atoms with Crippen LogP contribution in [0.25, 0.3) is 10.9 Å². The molecule has 0 bridgehead atoms. The lowest BCUT2D eigenvalue weighted by Gasteiger charge is -2.11. The molecule has 2 N–H and O–H groups in total. The largest absolute Gasteiger partial charge is 0.358 e. The van der Waals surface area contributed by atoms with E-state index in [2.05, 4.69) is 9.71 Å². The van der Waals surface area contributed by atoms with E-state index in [-0.39, 0.29) is 16.4 Å². The highest BCUT2D eigenvalue weighted by Crippen LogP contribution is 2.32. The average molecular weight is 372 g/mol. The molecule has 134 valence electrons. The van der Waals surface area contributed by atoms with Crippen LogP contribution in [0, 0.1) is 12.7 Å². The van der Waals surface area contributed by atoms with E-state index in [1.807, 2.05) is 0 Å². The zero-order chi connectivity index (χ0) is 18.5. The number of aromatic amines is 1. The second-order valence-electron chi connectivity index (χ2n) is 6.53. The van der Waals surface area contributed by atoms with Crippen LogP contribution >= 0.6 is 0 Å². The Morgan fingerprint density at radius 3 is 2.58 bits per heavy atom. The van der Waals surface area contributed by atoms with Crippen LogP contribution in [0.15, 0.2) is 41.3 Å². The lowest BCUT2D eigenvalue weighted by atomic mass is 9.94. The lowest BCUT2D eigenvalue weighted by molar-refractivity contribution is 0.0974. The number of benzene rings is 2. The number of aryl methyl sites for hydroxylation is 2. The number of sulfonamides is 1. The average Bonchev–Trinajstić information content (AvgIpc) is 2.95. The summed E-state index contributed by atoms with van der Waals surface area (Å²) < 4.78 is 41.0. The number of aromatic nitrogens is 1. The molecule has 1 aliphatic carbocycles. The van der Waals surface area contributed by atoms with Crippen molar-refractivity contribution in [2.75, 3.05) is 4.72 Å². The van der Waals surface area contributed by atoms with Gasteiger partial charge in [0.05, 0.1) is 4.90 Å². The summed E-state index contributed by atoms with van der Waals surface area (Å²) in [6.07, 6.45) is 2.10. The van der Waals surface area contributed by atoms with E-state index < -0.39 is 15.8 Å². The highest BCUT2D eigenvalue weighted by molar-refractivity contribution is 7.92. The van der Waals surface area contributed by atoms with E-state index in [0.29, 0.717) is 23.1 Å². The number of nitrogens with one attached hydrogen (secondary N) is 2. The second-order valence-corrected chi connectivity index (χ2v) is 8.18. The molecule has 1 heterocycles. The molecule has 0 aliphatic heterocycles. The second kappa shape index (κ2) is 5.95. The first-order valence-corrected chi connectivity index (χ1v) is 9.80. The third-order valence-corrected chi connectivity index (χ3v) is 6.19. The molecule has 26 heavy (non-hydrogen) atoms. The van der Waals surface area contributed by atoms with Crippen LogP contribution in [-0.2, 0) is 16.4 Å². The molecule has 0 saturated carbocycles. The summed E-state index contributed by atoms with van der Waals surface area (Å²) in [6.45, 7) is 1.70. The number of carbonyl (C=O) groups excluding carboxylic acids is 1. The molecule has 1 aromatic heterocycles. The molecule has 0 saturated heterocycles. The van der Waals surface area contributed by atoms with Crippen LogP contribution in [0.1, 0.15) is 34.5 Å². The Morgan fingerprint density at radius 2 is 1.85 bits per heavy atom. The van der Waals surface area contributed by atoms with Gasteiger partial charge in [0.25, 0.3) is 10.0 Å². The first kappa shape index (κ1) is 16.8. The minimum absolute atomic E-state index is 0.0944. The zero-order valence-electron chi connectivity index (χ0n) is 14.1. The number of carbonyl (C=O) groups is 1. The summed E-state index contributed by atoms with van der Waals surface area (Å²) in [5.74, 6) is -0.343. The lowest BCUT2D eigenvalue weighted by Crippen LogP contribution is -2.14. The number of H-pyrrole nitrogens is 1. The Balaban J connectivity index is 1.80. The normalized spacial score (nSPS) is 14.5. The maximum atomic E-state index is 13.0. The van der Waals surface area contributed by atoms with Crippen molar-refractivity contribution >= 4 is 32.4 Å². The third-order valence-electron chi connectivity index (χ3n) is 4.67. The number of rotatable bonds is 3. The molecule has 0 atom stereocenters. The van der Waals surface area contributed by atoms with Crippen LogP contribution in [0.4, 0.5) is 10.1 Å². The predicted octanol–water partition coefficient (Wildman–Crippen LogP) is 3.94. The Bertz CT molecular complexity index is 1130. The fourth-order valence-electron chi connectivity index (χ4n) is 3.46. The molecule has 7 heteroatoms. The van der Waals surface area contributed by atoms with Gasteiger partial charge in [-0.2, -0.15) is 0 Å². The van der Waals surface area contributed by atoms with Gasteiger partial charge in [-0.05, 0) is 61.7 Å². The van der Waals surface area contributed by atoms with Gasteiger partial charge in [0, 0.05) is 34.3 Å². The summed E-state index contributed by atoms with van der Waals surface area (Å²) in [5.41, 5.74) is 3.02. The van der Waals surface area contributed by atoms with Crippen LogP contribution < -0.4 is 4.72 Å². The van der Waals surface area contributed by atoms with Crippen molar-refractivity contribution in [2.45, 2.75) is 31.1 Å². The fourth-order valence-corrected chi connectivity index (χ4v) is 4.77. The number of halogens is 1. The van der Waals surface area contributed by atoms with Gasteiger partial charge in [-0.3, -0.25) is 9.52 Å². The van der Waals surface area contributed by atoms with Crippen molar-refractivity contribution in [1.29, 1.82) is 0 Å². The Hall–Kier alpha value is -2.67. The van der Waals surface area contributed by atoms with E-state index in [0.717, 1.165) is 23.9 Å². The Morgan fingerprint density at radius 1 is 1.12 bits per heavy atom. The molecule has 0 fully saturated rings. The van der Waals surface area contributed by atoms with Crippen LogP contribution in [0.5, 0.6) is 0 Å². The maximum Gasteiger partial charge on any atom is 0.262 e. The predicted molar refractivity (Wildman–Crippen MR) is 97.5 cm³/mol. The molecular weight excluding hydrogens is 355 g/mol.